The van der Waals surface area contributed by atoms with Crippen molar-refractivity contribution < 1.29 is 9.84 Å². The molecule has 2 aliphatic carbocycles. The van der Waals surface area contributed by atoms with Crippen molar-refractivity contribution in [3.8, 4) is 0 Å². The van der Waals surface area contributed by atoms with Crippen LogP contribution < -0.4 is 0 Å². The minimum Gasteiger partial charge on any atom is -0.393 e. The molecule has 24 heavy (non-hydrogen) atoms. The van der Waals surface area contributed by atoms with Crippen LogP contribution in [-0.2, 0) is 11.3 Å². The Hall–Kier alpha value is -0.900. The van der Waals surface area contributed by atoms with Crippen molar-refractivity contribution in [1.82, 2.24) is 4.90 Å². The summed E-state index contributed by atoms with van der Waals surface area (Å²) < 4.78 is 6.18. The van der Waals surface area contributed by atoms with Crippen LogP contribution in [0.5, 0.6) is 0 Å². The first-order valence-electron chi connectivity index (χ1n) is 9.83. The molecule has 1 aliphatic heterocycles. The molecule has 2 saturated carbocycles. The van der Waals surface area contributed by atoms with Crippen LogP contribution in [0.15, 0.2) is 30.3 Å². The van der Waals surface area contributed by atoms with Crippen LogP contribution in [0.3, 0.4) is 0 Å². The first kappa shape index (κ1) is 16.6. The third-order valence-corrected chi connectivity index (χ3v) is 6.72. The molecule has 1 aromatic carbocycles. The first-order valence-corrected chi connectivity index (χ1v) is 9.83. The van der Waals surface area contributed by atoms with E-state index in [-0.39, 0.29) is 6.10 Å². The highest BCUT2D eigenvalue weighted by Gasteiger charge is 2.48. The van der Waals surface area contributed by atoms with Crippen LogP contribution in [0.2, 0.25) is 0 Å². The van der Waals surface area contributed by atoms with Crippen molar-refractivity contribution in [1.29, 1.82) is 0 Å². The Balaban J connectivity index is 1.36. The Kier molecular flexibility index (Phi) is 4.93. The van der Waals surface area contributed by atoms with E-state index in [9.17, 15) is 5.11 Å². The Morgan fingerprint density at radius 1 is 1.08 bits per heavy atom. The van der Waals surface area contributed by atoms with Crippen molar-refractivity contribution in [2.75, 3.05) is 13.1 Å². The normalized spacial score (nSPS) is 33.3. The van der Waals surface area contributed by atoms with Crippen molar-refractivity contribution in [3.63, 3.8) is 0 Å². The quantitative estimate of drug-likeness (QED) is 0.913. The number of ether oxygens (including phenoxy) is 1. The van der Waals surface area contributed by atoms with E-state index in [2.05, 4.69) is 35.2 Å². The Morgan fingerprint density at radius 2 is 1.88 bits per heavy atom. The topological polar surface area (TPSA) is 32.7 Å². The standard InChI is InChI=1S/C21H31NO2/c23-18-8-12-21(10-4-5-11-21)20(14-18)22-13-9-19(15-22)24-16-17-6-2-1-3-7-17/h1-3,6-7,18-20,23H,4-5,8-16H2. The number of hydrogen-bond acceptors (Lipinski definition) is 3. The van der Waals surface area contributed by atoms with Gasteiger partial charge < -0.3 is 9.84 Å². The summed E-state index contributed by atoms with van der Waals surface area (Å²) in [7, 11) is 0. The molecule has 1 spiro atoms. The zero-order valence-electron chi connectivity index (χ0n) is 14.7. The van der Waals surface area contributed by atoms with Gasteiger partial charge in [0.15, 0.2) is 0 Å². The highest BCUT2D eigenvalue weighted by atomic mass is 16.5. The van der Waals surface area contributed by atoms with Crippen LogP contribution in [0.4, 0.5) is 0 Å². The van der Waals surface area contributed by atoms with Gasteiger partial charge in [-0.15, -0.1) is 0 Å². The second-order valence-corrected chi connectivity index (χ2v) is 8.22. The summed E-state index contributed by atoms with van der Waals surface area (Å²) in [5, 5.41) is 10.2. The number of nitrogens with zero attached hydrogens (tertiary/aromatic N) is 1. The van der Waals surface area contributed by atoms with E-state index in [1.165, 1.54) is 37.7 Å². The van der Waals surface area contributed by atoms with Crippen molar-refractivity contribution in [2.45, 2.75) is 76.2 Å². The van der Waals surface area contributed by atoms with E-state index in [1.54, 1.807) is 0 Å². The van der Waals surface area contributed by atoms with Crippen molar-refractivity contribution in [3.05, 3.63) is 35.9 Å². The molecule has 1 N–H and O–H groups in total. The summed E-state index contributed by atoms with van der Waals surface area (Å²) >= 11 is 0. The number of aliphatic hydroxyl groups excluding tert-OH is 1. The van der Waals surface area contributed by atoms with Crippen LogP contribution >= 0.6 is 0 Å². The van der Waals surface area contributed by atoms with Gasteiger partial charge in [-0.25, -0.2) is 0 Å². The van der Waals surface area contributed by atoms with Gasteiger partial charge in [0.1, 0.15) is 0 Å². The number of benzene rings is 1. The lowest BCUT2D eigenvalue weighted by atomic mass is 9.67. The maximum absolute atomic E-state index is 10.2. The number of rotatable bonds is 4. The SMILES string of the molecule is OC1CCC2(CCCC2)C(N2CCC(OCc3ccccc3)C2)C1. The summed E-state index contributed by atoms with van der Waals surface area (Å²) in [5.41, 5.74) is 1.75. The monoisotopic (exact) mass is 329 g/mol. The fourth-order valence-corrected chi connectivity index (χ4v) is 5.41. The van der Waals surface area contributed by atoms with Gasteiger partial charge in [0.05, 0.1) is 18.8 Å². The van der Waals surface area contributed by atoms with E-state index in [0.717, 1.165) is 39.0 Å². The summed E-state index contributed by atoms with van der Waals surface area (Å²) in [6.45, 7) is 2.91. The maximum atomic E-state index is 10.2. The highest BCUT2D eigenvalue weighted by Crippen LogP contribution is 2.51. The lowest BCUT2D eigenvalue weighted by Gasteiger charge is -2.47. The zero-order valence-corrected chi connectivity index (χ0v) is 14.7. The van der Waals surface area contributed by atoms with E-state index in [4.69, 9.17) is 4.74 Å². The van der Waals surface area contributed by atoms with Crippen LogP contribution in [0.1, 0.15) is 56.9 Å². The predicted octanol–water partition coefficient (Wildman–Crippen LogP) is 3.75. The molecule has 3 fully saturated rings. The number of likely N-dealkylation sites (tertiary alicyclic amines) is 1. The Labute approximate surface area is 146 Å². The second-order valence-electron chi connectivity index (χ2n) is 8.22. The van der Waals surface area contributed by atoms with Gasteiger partial charge in [0.2, 0.25) is 0 Å². The Bertz CT molecular complexity index is 526. The van der Waals surface area contributed by atoms with Gasteiger partial charge in [0, 0.05) is 19.1 Å². The summed E-state index contributed by atoms with van der Waals surface area (Å²) in [6.07, 6.45) is 10.1. The molecule has 4 rings (SSSR count). The van der Waals surface area contributed by atoms with Crippen LogP contribution in [0, 0.1) is 5.41 Å². The summed E-state index contributed by atoms with van der Waals surface area (Å²) in [6, 6.07) is 11.1. The van der Waals surface area contributed by atoms with Gasteiger partial charge >= 0.3 is 0 Å². The molecule has 1 heterocycles. The average Bonchev–Trinajstić information content (AvgIpc) is 3.27. The average molecular weight is 329 g/mol. The molecular weight excluding hydrogens is 298 g/mol. The predicted molar refractivity (Wildman–Crippen MR) is 95.8 cm³/mol. The smallest absolute Gasteiger partial charge is 0.0721 e. The summed E-state index contributed by atoms with van der Waals surface area (Å²) in [4.78, 5) is 2.66. The summed E-state index contributed by atoms with van der Waals surface area (Å²) in [5.74, 6) is 0. The van der Waals surface area contributed by atoms with Gasteiger partial charge in [-0.2, -0.15) is 0 Å². The maximum Gasteiger partial charge on any atom is 0.0721 e. The molecule has 1 aromatic rings. The molecule has 0 bridgehead atoms. The molecule has 3 nitrogen and oxygen atoms in total. The van der Waals surface area contributed by atoms with Crippen molar-refractivity contribution >= 4 is 0 Å². The second kappa shape index (κ2) is 7.15. The minimum atomic E-state index is -0.0921. The van der Waals surface area contributed by atoms with Crippen molar-refractivity contribution in [2.24, 2.45) is 5.41 Å². The molecule has 3 atom stereocenters. The number of hydrogen-bond donors (Lipinski definition) is 1. The fourth-order valence-electron chi connectivity index (χ4n) is 5.41. The first-order chi connectivity index (χ1) is 11.8. The molecule has 0 aromatic heterocycles. The molecule has 0 radical (unpaired) electrons. The van der Waals surface area contributed by atoms with E-state index in [0.29, 0.717) is 17.6 Å². The van der Waals surface area contributed by atoms with Gasteiger partial charge in [-0.05, 0) is 49.5 Å². The molecule has 0 amide bonds. The third-order valence-electron chi connectivity index (χ3n) is 6.72. The van der Waals surface area contributed by atoms with E-state index >= 15 is 0 Å². The lowest BCUT2D eigenvalue weighted by Crippen LogP contribution is -2.51. The van der Waals surface area contributed by atoms with Gasteiger partial charge in [-0.1, -0.05) is 43.2 Å². The van der Waals surface area contributed by atoms with Crippen LogP contribution in [-0.4, -0.2) is 41.3 Å². The number of aliphatic hydroxyl groups is 1. The largest absolute Gasteiger partial charge is 0.393 e. The fraction of sp³-hybridized carbons (Fsp3) is 0.714. The molecule has 1 saturated heterocycles. The molecular formula is C21H31NO2. The van der Waals surface area contributed by atoms with E-state index in [1.807, 2.05) is 0 Å². The Morgan fingerprint density at radius 3 is 2.67 bits per heavy atom. The zero-order chi connectivity index (χ0) is 16.4. The van der Waals surface area contributed by atoms with Crippen LogP contribution in [0.25, 0.3) is 0 Å². The molecule has 3 aliphatic rings. The highest BCUT2D eigenvalue weighted by molar-refractivity contribution is 5.13. The molecule has 3 heteroatoms. The van der Waals surface area contributed by atoms with Gasteiger partial charge in [-0.3, -0.25) is 4.90 Å². The molecule has 3 unspecified atom stereocenters. The van der Waals surface area contributed by atoms with Gasteiger partial charge in [0.25, 0.3) is 0 Å². The van der Waals surface area contributed by atoms with E-state index < -0.39 is 0 Å². The minimum absolute atomic E-state index is 0.0921. The third kappa shape index (κ3) is 3.40. The lowest BCUT2D eigenvalue weighted by molar-refractivity contribution is -0.0272. The molecule has 132 valence electrons.